The Hall–Kier alpha value is -1.86. The lowest BCUT2D eigenvalue weighted by molar-refractivity contribution is -0.141. The average Bonchev–Trinajstić information content (AvgIpc) is 2.35. The normalized spacial score (nSPS) is 13.2. The number of halogens is 3. The third-order valence-corrected chi connectivity index (χ3v) is 2.40. The number of anilines is 1. The second-order valence-corrected chi connectivity index (χ2v) is 4.81. The van der Waals surface area contributed by atoms with Gasteiger partial charge in [0.1, 0.15) is 11.9 Å². The molecule has 0 aliphatic heterocycles. The Labute approximate surface area is 115 Å². The second kappa shape index (κ2) is 6.53. The van der Waals surface area contributed by atoms with Gasteiger partial charge in [0, 0.05) is 6.54 Å². The van der Waals surface area contributed by atoms with Crippen molar-refractivity contribution in [2.45, 2.75) is 33.0 Å². The molecule has 112 valence electrons. The smallest absolute Gasteiger partial charge is 0.357 e. The van der Waals surface area contributed by atoms with Crippen LogP contribution >= 0.6 is 0 Å². The first-order valence-corrected chi connectivity index (χ1v) is 6.15. The lowest BCUT2D eigenvalue weighted by Crippen LogP contribution is -2.39. The number of hydrogen-bond acceptors (Lipinski definition) is 4. The molecule has 1 amide bonds. The Kier molecular flexibility index (Phi) is 5.29. The number of alkyl halides is 3. The number of nitrogens with one attached hydrogen (secondary N) is 2. The fourth-order valence-corrected chi connectivity index (χ4v) is 1.31. The van der Waals surface area contributed by atoms with Crippen molar-refractivity contribution in [1.82, 2.24) is 15.5 Å². The second-order valence-electron chi connectivity index (χ2n) is 4.81. The molecule has 1 aromatic heterocycles. The van der Waals surface area contributed by atoms with Crippen molar-refractivity contribution in [1.29, 1.82) is 0 Å². The highest BCUT2D eigenvalue weighted by molar-refractivity contribution is 5.83. The molecule has 0 saturated carbocycles. The summed E-state index contributed by atoms with van der Waals surface area (Å²) in [6.45, 7) is 6.04. The summed E-state index contributed by atoms with van der Waals surface area (Å²) in [4.78, 5) is 11.7. The van der Waals surface area contributed by atoms with Crippen LogP contribution in [0.4, 0.5) is 19.0 Å². The lowest BCUT2D eigenvalue weighted by Gasteiger charge is -2.15. The first kappa shape index (κ1) is 16.2. The minimum Gasteiger partial charge on any atom is -0.357 e. The van der Waals surface area contributed by atoms with Gasteiger partial charge in [0.25, 0.3) is 0 Å². The van der Waals surface area contributed by atoms with E-state index in [1.807, 2.05) is 13.8 Å². The zero-order valence-electron chi connectivity index (χ0n) is 11.5. The van der Waals surface area contributed by atoms with Crippen LogP contribution < -0.4 is 10.6 Å². The molecule has 1 unspecified atom stereocenters. The number of rotatable bonds is 5. The largest absolute Gasteiger partial charge is 0.435 e. The average molecular weight is 290 g/mol. The van der Waals surface area contributed by atoms with Crippen molar-refractivity contribution >= 4 is 11.7 Å². The molecule has 1 rings (SSSR count). The van der Waals surface area contributed by atoms with Crippen LogP contribution in [0.3, 0.4) is 0 Å². The van der Waals surface area contributed by atoms with Crippen LogP contribution in [0.1, 0.15) is 26.5 Å². The Balaban J connectivity index is 2.58. The number of carbonyl (C=O) groups excluding carboxylic acids is 1. The molecule has 1 heterocycles. The van der Waals surface area contributed by atoms with Crippen LogP contribution in [0.15, 0.2) is 12.1 Å². The van der Waals surface area contributed by atoms with Crippen molar-refractivity contribution in [2.75, 3.05) is 11.9 Å². The Morgan fingerprint density at radius 3 is 2.35 bits per heavy atom. The number of carbonyl (C=O) groups is 1. The van der Waals surface area contributed by atoms with E-state index >= 15 is 0 Å². The fourth-order valence-electron chi connectivity index (χ4n) is 1.31. The molecule has 1 aromatic rings. The number of aromatic nitrogens is 2. The van der Waals surface area contributed by atoms with Gasteiger partial charge in [0.2, 0.25) is 5.91 Å². The van der Waals surface area contributed by atoms with Crippen molar-refractivity contribution in [3.05, 3.63) is 17.8 Å². The summed E-state index contributed by atoms with van der Waals surface area (Å²) in [6, 6.07) is 1.34. The van der Waals surface area contributed by atoms with E-state index in [0.717, 1.165) is 12.1 Å². The summed E-state index contributed by atoms with van der Waals surface area (Å²) in [5.74, 6) is 0.183. The molecule has 0 spiro atoms. The highest BCUT2D eigenvalue weighted by atomic mass is 19.4. The number of amides is 1. The van der Waals surface area contributed by atoms with E-state index in [9.17, 15) is 18.0 Å². The molecular formula is C12H17F3N4O. The van der Waals surface area contributed by atoms with Crippen LogP contribution in [-0.2, 0) is 11.0 Å². The van der Waals surface area contributed by atoms with Crippen molar-refractivity contribution in [3.8, 4) is 0 Å². The van der Waals surface area contributed by atoms with Crippen LogP contribution in [-0.4, -0.2) is 28.7 Å². The summed E-state index contributed by atoms with van der Waals surface area (Å²) in [5, 5.41) is 11.9. The van der Waals surface area contributed by atoms with E-state index in [-0.39, 0.29) is 11.7 Å². The van der Waals surface area contributed by atoms with Gasteiger partial charge in [0.05, 0.1) is 0 Å². The molecule has 0 fully saturated rings. The maximum Gasteiger partial charge on any atom is 0.435 e. The molecule has 0 aliphatic carbocycles. The zero-order valence-corrected chi connectivity index (χ0v) is 11.5. The Bertz CT molecular complexity index is 445. The highest BCUT2D eigenvalue weighted by Crippen LogP contribution is 2.27. The van der Waals surface area contributed by atoms with Gasteiger partial charge in [-0.05, 0) is 25.0 Å². The van der Waals surface area contributed by atoms with Crippen LogP contribution in [0.5, 0.6) is 0 Å². The molecule has 0 aliphatic rings. The van der Waals surface area contributed by atoms with Crippen molar-refractivity contribution in [2.24, 2.45) is 5.92 Å². The Morgan fingerprint density at radius 2 is 1.90 bits per heavy atom. The van der Waals surface area contributed by atoms with Gasteiger partial charge in [-0.2, -0.15) is 13.2 Å². The summed E-state index contributed by atoms with van der Waals surface area (Å²) in [6.07, 6.45) is -4.52. The summed E-state index contributed by atoms with van der Waals surface area (Å²) in [7, 11) is 0. The summed E-state index contributed by atoms with van der Waals surface area (Å²) in [5.41, 5.74) is -1.07. The topological polar surface area (TPSA) is 66.9 Å². The van der Waals surface area contributed by atoms with Gasteiger partial charge < -0.3 is 10.6 Å². The number of hydrogen-bond donors (Lipinski definition) is 2. The van der Waals surface area contributed by atoms with E-state index in [2.05, 4.69) is 20.8 Å². The predicted molar refractivity (Wildman–Crippen MR) is 68.0 cm³/mol. The lowest BCUT2D eigenvalue weighted by atomic mass is 10.2. The zero-order chi connectivity index (χ0) is 15.3. The van der Waals surface area contributed by atoms with Crippen molar-refractivity contribution < 1.29 is 18.0 Å². The first-order chi connectivity index (χ1) is 9.20. The maximum absolute atomic E-state index is 12.3. The van der Waals surface area contributed by atoms with Gasteiger partial charge in [-0.1, -0.05) is 13.8 Å². The maximum atomic E-state index is 12.3. The molecule has 20 heavy (non-hydrogen) atoms. The molecular weight excluding hydrogens is 273 g/mol. The van der Waals surface area contributed by atoms with E-state index in [1.165, 1.54) is 0 Å². The van der Waals surface area contributed by atoms with Gasteiger partial charge in [-0.15, -0.1) is 10.2 Å². The standard InChI is InChI=1S/C12H17F3N4O/c1-7(2)6-16-11(20)8(3)17-10-5-4-9(18-19-10)12(13,14)15/h4-5,7-8H,6H2,1-3H3,(H,16,20)(H,17,19). The van der Waals surface area contributed by atoms with Gasteiger partial charge in [0.15, 0.2) is 5.69 Å². The molecule has 8 heteroatoms. The SMILES string of the molecule is CC(C)CNC(=O)C(C)Nc1ccc(C(F)(F)F)nn1. The predicted octanol–water partition coefficient (Wildman–Crippen LogP) is 2.07. The van der Waals surface area contributed by atoms with E-state index < -0.39 is 17.9 Å². The van der Waals surface area contributed by atoms with Gasteiger partial charge >= 0.3 is 6.18 Å². The molecule has 1 atom stereocenters. The molecule has 2 N–H and O–H groups in total. The van der Waals surface area contributed by atoms with Gasteiger partial charge in [-0.3, -0.25) is 4.79 Å². The summed E-state index contributed by atoms with van der Waals surface area (Å²) >= 11 is 0. The van der Waals surface area contributed by atoms with Crippen LogP contribution in [0.2, 0.25) is 0 Å². The third-order valence-electron chi connectivity index (χ3n) is 2.40. The van der Waals surface area contributed by atoms with E-state index in [4.69, 9.17) is 0 Å². The molecule has 5 nitrogen and oxygen atoms in total. The third kappa shape index (κ3) is 5.02. The van der Waals surface area contributed by atoms with E-state index in [0.29, 0.717) is 12.5 Å². The van der Waals surface area contributed by atoms with Crippen LogP contribution in [0.25, 0.3) is 0 Å². The molecule has 0 saturated heterocycles. The number of nitrogens with zero attached hydrogens (tertiary/aromatic N) is 2. The quantitative estimate of drug-likeness (QED) is 0.871. The molecule has 0 bridgehead atoms. The van der Waals surface area contributed by atoms with E-state index in [1.54, 1.807) is 6.92 Å². The van der Waals surface area contributed by atoms with Crippen LogP contribution in [0, 0.1) is 5.92 Å². The molecule has 0 aromatic carbocycles. The summed E-state index contributed by atoms with van der Waals surface area (Å²) < 4.78 is 36.9. The monoisotopic (exact) mass is 290 g/mol. The van der Waals surface area contributed by atoms with Gasteiger partial charge in [-0.25, -0.2) is 0 Å². The minimum absolute atomic E-state index is 0.116. The molecule has 0 radical (unpaired) electrons. The van der Waals surface area contributed by atoms with Crippen molar-refractivity contribution in [3.63, 3.8) is 0 Å². The Morgan fingerprint density at radius 1 is 1.25 bits per heavy atom. The highest BCUT2D eigenvalue weighted by Gasteiger charge is 2.32. The first-order valence-electron chi connectivity index (χ1n) is 6.15. The fraction of sp³-hybridized carbons (Fsp3) is 0.583. The minimum atomic E-state index is -4.52.